The summed E-state index contributed by atoms with van der Waals surface area (Å²) in [5.74, 6) is -0.882. The van der Waals surface area contributed by atoms with Crippen LogP contribution in [0.5, 0.6) is 0 Å². The van der Waals surface area contributed by atoms with Gasteiger partial charge in [0.05, 0.1) is 6.26 Å². The molecule has 0 aliphatic heterocycles. The van der Waals surface area contributed by atoms with Crippen LogP contribution in [0.15, 0.2) is 0 Å². The van der Waals surface area contributed by atoms with Gasteiger partial charge in [0.1, 0.15) is 0 Å². The molecule has 0 rings (SSSR count). The Hall–Kier alpha value is 0.1000. The Labute approximate surface area is 79.0 Å². The van der Waals surface area contributed by atoms with Gasteiger partial charge < -0.3 is 4.52 Å². The van der Waals surface area contributed by atoms with Crippen LogP contribution in [0, 0.1) is 0 Å². The Morgan fingerprint density at radius 2 is 1.92 bits per heavy atom. The van der Waals surface area contributed by atoms with Crippen LogP contribution in [-0.4, -0.2) is 34.3 Å². The SMILES string of the molecule is CCC(OS(C)(=O)=O)P(C)(=O)OC. The van der Waals surface area contributed by atoms with Crippen LogP contribution < -0.4 is 0 Å². The van der Waals surface area contributed by atoms with Gasteiger partial charge in [-0.3, -0.25) is 8.75 Å². The highest BCUT2D eigenvalue weighted by atomic mass is 32.2. The second kappa shape index (κ2) is 4.55. The number of hydrogen-bond acceptors (Lipinski definition) is 5. The molecule has 0 aromatic heterocycles. The molecule has 0 heterocycles. The molecule has 2 atom stereocenters. The second-order valence-electron chi connectivity index (χ2n) is 2.75. The lowest BCUT2D eigenvalue weighted by molar-refractivity contribution is 0.247. The summed E-state index contributed by atoms with van der Waals surface area (Å²) in [5.41, 5.74) is 0. The van der Waals surface area contributed by atoms with E-state index in [4.69, 9.17) is 4.52 Å². The highest BCUT2D eigenvalue weighted by Crippen LogP contribution is 2.49. The van der Waals surface area contributed by atoms with Crippen LogP contribution in [-0.2, 0) is 23.4 Å². The van der Waals surface area contributed by atoms with Crippen molar-refractivity contribution >= 4 is 17.5 Å². The Bertz CT molecular complexity index is 296. The third-order valence-corrected chi connectivity index (χ3v) is 4.49. The third-order valence-electron chi connectivity index (χ3n) is 1.52. The first-order valence-electron chi connectivity index (χ1n) is 3.74. The third kappa shape index (κ3) is 4.76. The summed E-state index contributed by atoms with van der Waals surface area (Å²) in [7, 11) is -5.29. The highest BCUT2D eigenvalue weighted by Gasteiger charge is 2.30. The van der Waals surface area contributed by atoms with E-state index in [9.17, 15) is 13.0 Å². The van der Waals surface area contributed by atoms with Crippen molar-refractivity contribution in [2.75, 3.05) is 20.0 Å². The normalized spacial score (nSPS) is 19.4. The Balaban J connectivity index is 4.64. The minimum atomic E-state index is -3.58. The molecule has 0 spiro atoms. The van der Waals surface area contributed by atoms with E-state index in [1.807, 2.05) is 0 Å². The zero-order valence-corrected chi connectivity index (χ0v) is 9.89. The Morgan fingerprint density at radius 1 is 1.46 bits per heavy atom. The van der Waals surface area contributed by atoms with Gasteiger partial charge in [-0.05, 0) is 6.42 Å². The van der Waals surface area contributed by atoms with Crippen molar-refractivity contribution in [2.45, 2.75) is 19.2 Å². The predicted octanol–water partition coefficient (Wildman–Crippen LogP) is 1.25. The van der Waals surface area contributed by atoms with Crippen molar-refractivity contribution in [3.8, 4) is 0 Å². The van der Waals surface area contributed by atoms with Crippen LogP contribution in [0.4, 0.5) is 0 Å². The molecule has 0 saturated heterocycles. The van der Waals surface area contributed by atoms with Crippen LogP contribution in [0.1, 0.15) is 13.3 Å². The molecule has 0 aliphatic rings. The number of rotatable bonds is 5. The fraction of sp³-hybridized carbons (Fsp3) is 1.00. The van der Waals surface area contributed by atoms with Gasteiger partial charge in [-0.1, -0.05) is 6.92 Å². The Morgan fingerprint density at radius 3 is 2.15 bits per heavy atom. The second-order valence-corrected chi connectivity index (χ2v) is 7.11. The van der Waals surface area contributed by atoms with Crippen molar-refractivity contribution in [3.63, 3.8) is 0 Å². The summed E-state index contributed by atoms with van der Waals surface area (Å²) in [4.78, 5) is 0. The molecule has 7 heteroatoms. The smallest absolute Gasteiger partial charge is 0.265 e. The highest BCUT2D eigenvalue weighted by molar-refractivity contribution is 7.86. The summed E-state index contributed by atoms with van der Waals surface area (Å²) in [6.45, 7) is 3.04. The molecule has 0 N–H and O–H groups in total. The monoisotopic (exact) mass is 230 g/mol. The molecule has 0 aliphatic carbocycles. The number of hydrogen-bond donors (Lipinski definition) is 0. The molecule has 2 unspecified atom stereocenters. The van der Waals surface area contributed by atoms with Gasteiger partial charge in [-0.25, -0.2) is 0 Å². The van der Waals surface area contributed by atoms with Crippen LogP contribution in [0.2, 0.25) is 0 Å². The van der Waals surface area contributed by atoms with Gasteiger partial charge >= 0.3 is 0 Å². The molecule has 80 valence electrons. The molecule has 0 bridgehead atoms. The lowest BCUT2D eigenvalue weighted by Gasteiger charge is -2.20. The molecular weight excluding hydrogens is 215 g/mol. The van der Waals surface area contributed by atoms with Gasteiger partial charge in [0.25, 0.3) is 10.1 Å². The first-order valence-corrected chi connectivity index (χ1v) is 7.70. The summed E-state index contributed by atoms with van der Waals surface area (Å²) in [5, 5.41) is 0. The fourth-order valence-corrected chi connectivity index (χ4v) is 3.33. The molecule has 5 nitrogen and oxygen atoms in total. The van der Waals surface area contributed by atoms with E-state index in [-0.39, 0.29) is 0 Å². The maximum atomic E-state index is 11.6. The van der Waals surface area contributed by atoms with Crippen LogP contribution in [0.3, 0.4) is 0 Å². The summed E-state index contributed by atoms with van der Waals surface area (Å²) in [6.07, 6.45) is 1.25. The zero-order chi connectivity index (χ0) is 10.7. The summed E-state index contributed by atoms with van der Waals surface area (Å²) < 4.78 is 42.4. The molecular formula is C6H15O5PS. The van der Waals surface area contributed by atoms with Crippen molar-refractivity contribution < 1.29 is 21.7 Å². The average Bonchev–Trinajstić information content (AvgIpc) is 1.98. The van der Waals surface area contributed by atoms with Gasteiger partial charge in [0, 0.05) is 13.8 Å². The van der Waals surface area contributed by atoms with Crippen molar-refractivity contribution in [1.82, 2.24) is 0 Å². The minimum absolute atomic E-state index is 0.328. The maximum Gasteiger partial charge on any atom is 0.265 e. The molecule has 0 radical (unpaired) electrons. The predicted molar refractivity (Wildman–Crippen MR) is 50.5 cm³/mol. The molecule has 0 fully saturated rings. The topological polar surface area (TPSA) is 69.7 Å². The van der Waals surface area contributed by atoms with Gasteiger partial charge in [0.15, 0.2) is 5.85 Å². The van der Waals surface area contributed by atoms with E-state index in [0.29, 0.717) is 6.42 Å². The first-order chi connectivity index (χ1) is 5.73. The van der Waals surface area contributed by atoms with E-state index in [1.54, 1.807) is 6.92 Å². The maximum absolute atomic E-state index is 11.6. The summed E-state index contributed by atoms with van der Waals surface area (Å²) >= 11 is 0. The molecule has 0 amide bonds. The van der Waals surface area contributed by atoms with Crippen LogP contribution >= 0.6 is 7.37 Å². The van der Waals surface area contributed by atoms with E-state index in [2.05, 4.69) is 4.18 Å². The van der Waals surface area contributed by atoms with Crippen molar-refractivity contribution in [3.05, 3.63) is 0 Å². The standard InChI is InChI=1S/C6H15O5PS/c1-5-6(11-13(4,8)9)12(3,7)10-2/h6H,5H2,1-4H3. The average molecular weight is 230 g/mol. The zero-order valence-electron chi connectivity index (χ0n) is 8.18. The first kappa shape index (κ1) is 13.1. The lowest BCUT2D eigenvalue weighted by atomic mass is 10.5. The molecule has 13 heavy (non-hydrogen) atoms. The molecule has 0 aromatic rings. The van der Waals surface area contributed by atoms with E-state index < -0.39 is 23.3 Å². The quantitative estimate of drug-likeness (QED) is 0.525. The van der Waals surface area contributed by atoms with Gasteiger partial charge in [0.2, 0.25) is 7.37 Å². The van der Waals surface area contributed by atoms with Gasteiger partial charge in [-0.2, -0.15) is 8.42 Å². The van der Waals surface area contributed by atoms with E-state index in [0.717, 1.165) is 6.26 Å². The lowest BCUT2D eigenvalue weighted by Crippen LogP contribution is -2.17. The van der Waals surface area contributed by atoms with Crippen molar-refractivity contribution in [2.24, 2.45) is 0 Å². The molecule has 0 aromatic carbocycles. The van der Waals surface area contributed by atoms with Gasteiger partial charge in [-0.15, -0.1) is 0 Å². The largest absolute Gasteiger partial charge is 0.330 e. The summed E-state index contributed by atoms with van der Waals surface area (Å²) in [6, 6.07) is 0. The van der Waals surface area contributed by atoms with Crippen LogP contribution in [0.25, 0.3) is 0 Å². The van der Waals surface area contributed by atoms with Crippen molar-refractivity contribution in [1.29, 1.82) is 0 Å². The molecule has 0 saturated carbocycles. The van der Waals surface area contributed by atoms with E-state index in [1.165, 1.54) is 13.8 Å². The fourth-order valence-electron chi connectivity index (χ4n) is 0.797. The van der Waals surface area contributed by atoms with E-state index >= 15 is 0 Å². The minimum Gasteiger partial charge on any atom is -0.330 e. The Kier molecular flexibility index (Phi) is 4.59.